The van der Waals surface area contributed by atoms with Crippen molar-refractivity contribution in [1.29, 1.82) is 0 Å². The molecular formula is C14H21N3O2. The van der Waals surface area contributed by atoms with Gasteiger partial charge in [0.15, 0.2) is 6.61 Å². The first-order chi connectivity index (χ1) is 9.06. The zero-order valence-corrected chi connectivity index (χ0v) is 11.5. The molecule has 5 nitrogen and oxygen atoms in total. The number of hydrogen-bond donors (Lipinski definition) is 1. The van der Waals surface area contributed by atoms with E-state index in [-0.39, 0.29) is 12.5 Å². The molecule has 1 aromatic rings. The van der Waals surface area contributed by atoms with Crippen LogP contribution in [-0.2, 0) is 4.79 Å². The SMILES string of the molecule is CN(C)C1CCN(C(=O)COc2cccc(N)c2)C1. The van der Waals surface area contributed by atoms with Crippen LogP contribution in [0.15, 0.2) is 24.3 Å². The predicted molar refractivity (Wildman–Crippen MR) is 75.0 cm³/mol. The average molecular weight is 263 g/mol. The third-order valence-electron chi connectivity index (χ3n) is 3.47. The van der Waals surface area contributed by atoms with Gasteiger partial charge in [-0.05, 0) is 32.6 Å². The fourth-order valence-corrected chi connectivity index (χ4v) is 2.23. The van der Waals surface area contributed by atoms with Crippen molar-refractivity contribution >= 4 is 11.6 Å². The molecule has 1 unspecified atom stereocenters. The van der Waals surface area contributed by atoms with Crippen molar-refractivity contribution in [3.63, 3.8) is 0 Å². The molecule has 0 spiro atoms. The number of benzene rings is 1. The van der Waals surface area contributed by atoms with Gasteiger partial charge in [0.05, 0.1) is 0 Å². The number of ether oxygens (including phenoxy) is 1. The molecule has 1 atom stereocenters. The fourth-order valence-electron chi connectivity index (χ4n) is 2.23. The molecule has 5 heteroatoms. The number of amides is 1. The Balaban J connectivity index is 1.82. The normalized spacial score (nSPS) is 18.9. The maximum absolute atomic E-state index is 12.0. The summed E-state index contributed by atoms with van der Waals surface area (Å²) < 4.78 is 5.47. The number of carbonyl (C=O) groups is 1. The van der Waals surface area contributed by atoms with E-state index in [2.05, 4.69) is 4.90 Å². The van der Waals surface area contributed by atoms with E-state index < -0.39 is 0 Å². The Morgan fingerprint density at radius 2 is 2.32 bits per heavy atom. The maximum atomic E-state index is 12.0. The smallest absolute Gasteiger partial charge is 0.260 e. The van der Waals surface area contributed by atoms with Crippen molar-refractivity contribution < 1.29 is 9.53 Å². The fraction of sp³-hybridized carbons (Fsp3) is 0.500. The van der Waals surface area contributed by atoms with Crippen LogP contribution < -0.4 is 10.5 Å². The highest BCUT2D eigenvalue weighted by Gasteiger charge is 2.27. The van der Waals surface area contributed by atoms with Crippen LogP contribution in [0, 0.1) is 0 Å². The Labute approximate surface area is 113 Å². The zero-order chi connectivity index (χ0) is 13.8. The highest BCUT2D eigenvalue weighted by molar-refractivity contribution is 5.78. The molecule has 0 saturated carbocycles. The lowest BCUT2D eigenvalue weighted by molar-refractivity contribution is -0.132. The van der Waals surface area contributed by atoms with Crippen molar-refractivity contribution in [2.24, 2.45) is 0 Å². The molecule has 1 aliphatic rings. The van der Waals surface area contributed by atoms with E-state index >= 15 is 0 Å². The molecule has 19 heavy (non-hydrogen) atoms. The number of nitrogens with zero attached hydrogens (tertiary/aromatic N) is 2. The maximum Gasteiger partial charge on any atom is 0.260 e. The number of likely N-dealkylation sites (tertiary alicyclic amines) is 1. The average Bonchev–Trinajstić information content (AvgIpc) is 2.86. The van der Waals surface area contributed by atoms with Crippen LogP contribution in [0.5, 0.6) is 5.75 Å². The van der Waals surface area contributed by atoms with Gasteiger partial charge in [0, 0.05) is 30.9 Å². The number of anilines is 1. The van der Waals surface area contributed by atoms with E-state index in [0.29, 0.717) is 17.5 Å². The lowest BCUT2D eigenvalue weighted by atomic mass is 10.2. The molecule has 1 saturated heterocycles. The first-order valence-corrected chi connectivity index (χ1v) is 6.49. The minimum absolute atomic E-state index is 0.0341. The van der Waals surface area contributed by atoms with Crippen molar-refractivity contribution in [3.8, 4) is 5.75 Å². The van der Waals surface area contributed by atoms with Gasteiger partial charge in [0.1, 0.15) is 5.75 Å². The highest BCUT2D eigenvalue weighted by Crippen LogP contribution is 2.16. The van der Waals surface area contributed by atoms with Gasteiger partial charge in [-0.3, -0.25) is 4.79 Å². The molecule has 1 fully saturated rings. The van der Waals surface area contributed by atoms with Gasteiger partial charge >= 0.3 is 0 Å². The summed E-state index contributed by atoms with van der Waals surface area (Å²) in [6.45, 7) is 1.66. The zero-order valence-electron chi connectivity index (χ0n) is 11.5. The standard InChI is InChI=1S/C14H21N3O2/c1-16(2)12-6-7-17(9-12)14(18)10-19-13-5-3-4-11(15)8-13/h3-5,8,12H,6-7,9-10,15H2,1-2H3. The molecule has 0 aliphatic carbocycles. The predicted octanol–water partition coefficient (Wildman–Crippen LogP) is 0.810. The second-order valence-corrected chi connectivity index (χ2v) is 5.11. The molecule has 0 radical (unpaired) electrons. The molecule has 0 aromatic heterocycles. The molecular weight excluding hydrogens is 242 g/mol. The second-order valence-electron chi connectivity index (χ2n) is 5.11. The molecule has 2 rings (SSSR count). The summed E-state index contributed by atoms with van der Waals surface area (Å²) in [6, 6.07) is 7.58. The van der Waals surface area contributed by atoms with Crippen LogP contribution in [-0.4, -0.2) is 55.5 Å². The number of rotatable bonds is 4. The third-order valence-corrected chi connectivity index (χ3v) is 3.47. The summed E-state index contributed by atoms with van der Waals surface area (Å²) in [5, 5.41) is 0. The summed E-state index contributed by atoms with van der Waals surface area (Å²) in [7, 11) is 4.09. The van der Waals surface area contributed by atoms with Crippen LogP contribution in [0.3, 0.4) is 0 Å². The molecule has 2 N–H and O–H groups in total. The van der Waals surface area contributed by atoms with Crippen LogP contribution >= 0.6 is 0 Å². The Morgan fingerprint density at radius 3 is 2.95 bits per heavy atom. The summed E-state index contributed by atoms with van der Waals surface area (Å²) in [6.07, 6.45) is 1.02. The quantitative estimate of drug-likeness (QED) is 0.817. The van der Waals surface area contributed by atoms with Crippen molar-refractivity contribution in [2.75, 3.05) is 39.5 Å². The summed E-state index contributed by atoms with van der Waals surface area (Å²) in [4.78, 5) is 16.0. The van der Waals surface area contributed by atoms with Crippen LogP contribution in [0.4, 0.5) is 5.69 Å². The Morgan fingerprint density at radius 1 is 1.53 bits per heavy atom. The van der Waals surface area contributed by atoms with Crippen molar-refractivity contribution in [2.45, 2.75) is 12.5 Å². The van der Waals surface area contributed by atoms with E-state index in [1.807, 2.05) is 25.1 Å². The lowest BCUT2D eigenvalue weighted by Crippen LogP contribution is -2.36. The van der Waals surface area contributed by atoms with E-state index in [1.54, 1.807) is 18.2 Å². The molecule has 0 bridgehead atoms. The Kier molecular flexibility index (Phi) is 4.27. The summed E-state index contributed by atoms with van der Waals surface area (Å²) in [5.74, 6) is 0.670. The minimum Gasteiger partial charge on any atom is -0.484 e. The van der Waals surface area contributed by atoms with Gasteiger partial charge in [-0.15, -0.1) is 0 Å². The van der Waals surface area contributed by atoms with Gasteiger partial charge < -0.3 is 20.3 Å². The van der Waals surface area contributed by atoms with E-state index in [1.165, 1.54) is 0 Å². The number of likely N-dealkylation sites (N-methyl/N-ethyl adjacent to an activating group) is 1. The van der Waals surface area contributed by atoms with Gasteiger partial charge in [-0.2, -0.15) is 0 Å². The Hall–Kier alpha value is -1.75. The monoisotopic (exact) mass is 263 g/mol. The molecule has 1 heterocycles. The number of carbonyl (C=O) groups excluding carboxylic acids is 1. The highest BCUT2D eigenvalue weighted by atomic mass is 16.5. The van der Waals surface area contributed by atoms with E-state index in [4.69, 9.17) is 10.5 Å². The topological polar surface area (TPSA) is 58.8 Å². The first kappa shape index (κ1) is 13.7. The van der Waals surface area contributed by atoms with Gasteiger partial charge in [-0.1, -0.05) is 6.07 Å². The number of nitrogens with two attached hydrogens (primary N) is 1. The lowest BCUT2D eigenvalue weighted by Gasteiger charge is -2.20. The largest absolute Gasteiger partial charge is 0.484 e. The number of hydrogen-bond acceptors (Lipinski definition) is 4. The second kappa shape index (κ2) is 5.93. The van der Waals surface area contributed by atoms with Gasteiger partial charge in [0.2, 0.25) is 0 Å². The molecule has 104 valence electrons. The summed E-state index contributed by atoms with van der Waals surface area (Å²) >= 11 is 0. The third kappa shape index (κ3) is 3.61. The van der Waals surface area contributed by atoms with Gasteiger partial charge in [-0.25, -0.2) is 0 Å². The van der Waals surface area contributed by atoms with E-state index in [9.17, 15) is 4.79 Å². The number of nitrogen functional groups attached to an aromatic ring is 1. The minimum atomic E-state index is 0.0341. The van der Waals surface area contributed by atoms with Gasteiger partial charge in [0.25, 0.3) is 5.91 Å². The van der Waals surface area contributed by atoms with Crippen LogP contribution in [0.1, 0.15) is 6.42 Å². The first-order valence-electron chi connectivity index (χ1n) is 6.49. The Bertz CT molecular complexity index is 448. The molecule has 1 aliphatic heterocycles. The van der Waals surface area contributed by atoms with E-state index in [0.717, 1.165) is 19.5 Å². The molecule has 1 aromatic carbocycles. The van der Waals surface area contributed by atoms with Crippen LogP contribution in [0.25, 0.3) is 0 Å². The summed E-state index contributed by atoms with van der Waals surface area (Å²) in [5.41, 5.74) is 6.30. The van der Waals surface area contributed by atoms with Crippen molar-refractivity contribution in [3.05, 3.63) is 24.3 Å². The van der Waals surface area contributed by atoms with Crippen LogP contribution in [0.2, 0.25) is 0 Å². The molecule has 1 amide bonds. The van der Waals surface area contributed by atoms with Crippen molar-refractivity contribution in [1.82, 2.24) is 9.80 Å².